The molecule has 6 heteroatoms. The van der Waals surface area contributed by atoms with Gasteiger partial charge in [0.1, 0.15) is 0 Å². The van der Waals surface area contributed by atoms with Crippen molar-refractivity contribution in [1.29, 1.82) is 0 Å². The Morgan fingerprint density at radius 1 is 1.33 bits per heavy atom. The van der Waals surface area contributed by atoms with Crippen LogP contribution in [0.1, 0.15) is 28.8 Å². The van der Waals surface area contributed by atoms with Crippen molar-refractivity contribution >= 4 is 17.6 Å². The SMILES string of the molecule is COCCCC(N)C(=O)Nc1ccc(C)cc1C(=O)OC. The Morgan fingerprint density at radius 3 is 2.67 bits per heavy atom. The van der Waals surface area contributed by atoms with E-state index in [2.05, 4.69) is 5.32 Å². The zero-order chi connectivity index (χ0) is 15.8. The highest BCUT2D eigenvalue weighted by molar-refractivity contribution is 6.02. The van der Waals surface area contributed by atoms with Crippen molar-refractivity contribution in [2.45, 2.75) is 25.8 Å². The summed E-state index contributed by atoms with van der Waals surface area (Å²) in [6.07, 6.45) is 1.21. The van der Waals surface area contributed by atoms with E-state index in [1.807, 2.05) is 6.92 Å². The van der Waals surface area contributed by atoms with Gasteiger partial charge >= 0.3 is 5.97 Å². The summed E-state index contributed by atoms with van der Waals surface area (Å²) in [5.74, 6) is -0.831. The number of hydrogen-bond acceptors (Lipinski definition) is 5. The van der Waals surface area contributed by atoms with Crippen molar-refractivity contribution in [1.82, 2.24) is 0 Å². The van der Waals surface area contributed by atoms with Crippen molar-refractivity contribution in [2.75, 3.05) is 26.1 Å². The standard InChI is InChI=1S/C15H22N2O4/c1-10-6-7-13(11(9-10)15(19)21-3)17-14(18)12(16)5-4-8-20-2/h6-7,9,12H,4-5,8,16H2,1-3H3,(H,17,18). The summed E-state index contributed by atoms with van der Waals surface area (Å²) >= 11 is 0. The van der Waals surface area contributed by atoms with Crippen molar-refractivity contribution in [2.24, 2.45) is 5.73 Å². The van der Waals surface area contributed by atoms with E-state index in [0.717, 1.165) is 5.56 Å². The normalized spacial score (nSPS) is 11.8. The van der Waals surface area contributed by atoms with Crippen molar-refractivity contribution in [3.8, 4) is 0 Å². The number of benzene rings is 1. The van der Waals surface area contributed by atoms with E-state index in [1.165, 1.54) is 7.11 Å². The predicted molar refractivity (Wildman–Crippen MR) is 80.2 cm³/mol. The Kier molecular flexibility index (Phi) is 6.84. The Labute approximate surface area is 124 Å². The number of amides is 1. The highest BCUT2D eigenvalue weighted by Crippen LogP contribution is 2.18. The van der Waals surface area contributed by atoms with Crippen LogP contribution in [0.3, 0.4) is 0 Å². The number of carbonyl (C=O) groups excluding carboxylic acids is 2. The minimum absolute atomic E-state index is 0.315. The van der Waals surface area contributed by atoms with Gasteiger partial charge in [0, 0.05) is 13.7 Å². The minimum atomic E-state index is -0.646. The summed E-state index contributed by atoms with van der Waals surface area (Å²) in [6, 6.07) is 4.49. The van der Waals surface area contributed by atoms with Crippen LogP contribution in [0.25, 0.3) is 0 Å². The van der Waals surface area contributed by atoms with E-state index >= 15 is 0 Å². The quantitative estimate of drug-likeness (QED) is 0.587. The van der Waals surface area contributed by atoms with Crippen LogP contribution in [0.2, 0.25) is 0 Å². The molecule has 1 aromatic rings. The highest BCUT2D eigenvalue weighted by atomic mass is 16.5. The van der Waals surface area contributed by atoms with Crippen LogP contribution in [0, 0.1) is 6.92 Å². The van der Waals surface area contributed by atoms with E-state index in [0.29, 0.717) is 30.7 Å². The number of esters is 1. The molecule has 0 bridgehead atoms. The average molecular weight is 294 g/mol. The maximum absolute atomic E-state index is 12.0. The van der Waals surface area contributed by atoms with Crippen molar-refractivity contribution < 1.29 is 19.1 Å². The number of nitrogens with two attached hydrogens (primary N) is 1. The number of methoxy groups -OCH3 is 2. The molecule has 0 saturated heterocycles. The smallest absolute Gasteiger partial charge is 0.339 e. The maximum atomic E-state index is 12.0. The molecule has 0 fully saturated rings. The van der Waals surface area contributed by atoms with Gasteiger partial charge in [0.25, 0.3) is 0 Å². The number of aryl methyl sites for hydroxylation is 1. The molecule has 1 atom stereocenters. The average Bonchev–Trinajstić information content (AvgIpc) is 2.48. The van der Waals surface area contributed by atoms with Gasteiger partial charge < -0.3 is 20.5 Å². The second kappa shape index (κ2) is 8.39. The summed E-state index contributed by atoms with van der Waals surface area (Å²) in [5, 5.41) is 2.67. The van der Waals surface area contributed by atoms with Gasteiger partial charge in [-0.15, -0.1) is 0 Å². The third-order valence-corrected chi connectivity index (χ3v) is 3.04. The zero-order valence-corrected chi connectivity index (χ0v) is 12.6. The molecule has 21 heavy (non-hydrogen) atoms. The third kappa shape index (κ3) is 5.17. The summed E-state index contributed by atoms with van der Waals surface area (Å²) in [5.41, 5.74) is 7.43. The van der Waals surface area contributed by atoms with E-state index in [4.69, 9.17) is 15.2 Å². The molecule has 0 aliphatic carbocycles. The van der Waals surface area contributed by atoms with Crippen LogP contribution in [0.5, 0.6) is 0 Å². The molecule has 0 heterocycles. The lowest BCUT2D eigenvalue weighted by Crippen LogP contribution is -2.36. The van der Waals surface area contributed by atoms with Gasteiger partial charge in [0.2, 0.25) is 5.91 Å². The van der Waals surface area contributed by atoms with Crippen LogP contribution < -0.4 is 11.1 Å². The number of carbonyl (C=O) groups is 2. The number of ether oxygens (including phenoxy) is 2. The molecule has 3 N–H and O–H groups in total. The van der Waals surface area contributed by atoms with Crippen LogP contribution in [-0.2, 0) is 14.3 Å². The molecule has 0 aromatic heterocycles. The summed E-state index contributed by atoms with van der Waals surface area (Å²) in [4.78, 5) is 23.8. The lowest BCUT2D eigenvalue weighted by Gasteiger charge is -2.14. The third-order valence-electron chi connectivity index (χ3n) is 3.04. The first-order chi connectivity index (χ1) is 9.99. The first-order valence-electron chi connectivity index (χ1n) is 6.74. The first-order valence-corrected chi connectivity index (χ1v) is 6.74. The molecule has 1 unspecified atom stereocenters. The molecule has 0 aliphatic heterocycles. The minimum Gasteiger partial charge on any atom is -0.465 e. The van der Waals surface area contributed by atoms with Gasteiger partial charge in [-0.25, -0.2) is 4.79 Å². The molecule has 1 rings (SSSR count). The Bertz CT molecular complexity index is 502. The Morgan fingerprint density at radius 2 is 2.05 bits per heavy atom. The Balaban J connectivity index is 2.77. The molecule has 1 aromatic carbocycles. The van der Waals surface area contributed by atoms with Crippen molar-refractivity contribution in [3.63, 3.8) is 0 Å². The van der Waals surface area contributed by atoms with Crippen molar-refractivity contribution in [3.05, 3.63) is 29.3 Å². The molecule has 0 saturated carbocycles. The fraction of sp³-hybridized carbons (Fsp3) is 0.467. The van der Waals surface area contributed by atoms with E-state index in [1.54, 1.807) is 25.3 Å². The molecular formula is C15H22N2O4. The lowest BCUT2D eigenvalue weighted by atomic mass is 10.1. The van der Waals surface area contributed by atoms with Crippen LogP contribution in [-0.4, -0.2) is 38.7 Å². The summed E-state index contributed by atoms with van der Waals surface area (Å²) in [6.45, 7) is 2.41. The fourth-order valence-corrected chi connectivity index (χ4v) is 1.85. The van der Waals surface area contributed by atoms with Gasteiger partial charge in [0.15, 0.2) is 0 Å². The van der Waals surface area contributed by atoms with Crippen LogP contribution in [0.15, 0.2) is 18.2 Å². The van der Waals surface area contributed by atoms with Gasteiger partial charge in [-0.3, -0.25) is 4.79 Å². The lowest BCUT2D eigenvalue weighted by molar-refractivity contribution is -0.117. The molecule has 0 radical (unpaired) electrons. The van der Waals surface area contributed by atoms with Crippen LogP contribution >= 0.6 is 0 Å². The topological polar surface area (TPSA) is 90.6 Å². The molecule has 0 spiro atoms. The number of anilines is 1. The number of nitrogens with one attached hydrogen (secondary N) is 1. The molecule has 6 nitrogen and oxygen atoms in total. The fourth-order valence-electron chi connectivity index (χ4n) is 1.85. The molecule has 1 amide bonds. The number of rotatable bonds is 7. The molecule has 0 aliphatic rings. The monoisotopic (exact) mass is 294 g/mol. The predicted octanol–water partition coefficient (Wildman–Crippen LogP) is 1.47. The second-order valence-corrected chi connectivity index (χ2v) is 4.77. The number of hydrogen-bond donors (Lipinski definition) is 2. The molecular weight excluding hydrogens is 272 g/mol. The van der Waals surface area contributed by atoms with Gasteiger partial charge in [-0.2, -0.15) is 0 Å². The van der Waals surface area contributed by atoms with Crippen LogP contribution in [0.4, 0.5) is 5.69 Å². The first kappa shape index (κ1) is 17.1. The molecule has 116 valence electrons. The van der Waals surface area contributed by atoms with Gasteiger partial charge in [-0.05, 0) is 31.9 Å². The summed E-state index contributed by atoms with van der Waals surface area (Å²) in [7, 11) is 2.90. The Hall–Kier alpha value is -1.92. The maximum Gasteiger partial charge on any atom is 0.339 e. The van der Waals surface area contributed by atoms with Gasteiger partial charge in [0.05, 0.1) is 24.4 Å². The summed E-state index contributed by atoms with van der Waals surface area (Å²) < 4.78 is 9.64. The highest BCUT2D eigenvalue weighted by Gasteiger charge is 2.18. The zero-order valence-electron chi connectivity index (χ0n) is 12.6. The van der Waals surface area contributed by atoms with E-state index in [9.17, 15) is 9.59 Å². The second-order valence-electron chi connectivity index (χ2n) is 4.77. The van der Waals surface area contributed by atoms with E-state index < -0.39 is 12.0 Å². The largest absolute Gasteiger partial charge is 0.465 e. The van der Waals surface area contributed by atoms with Gasteiger partial charge in [-0.1, -0.05) is 11.6 Å². The van der Waals surface area contributed by atoms with E-state index in [-0.39, 0.29) is 5.91 Å².